The van der Waals surface area contributed by atoms with E-state index in [0.717, 1.165) is 17.7 Å². The summed E-state index contributed by atoms with van der Waals surface area (Å²) in [6.45, 7) is 2.24. The van der Waals surface area contributed by atoms with E-state index < -0.39 is 0 Å². The topological polar surface area (TPSA) is 27.7 Å². The number of hydrogen-bond donors (Lipinski definition) is 0. The zero-order valence-electron chi connectivity index (χ0n) is 13.1. The highest BCUT2D eigenvalue weighted by atomic mass is 17.2. The summed E-state index contributed by atoms with van der Waals surface area (Å²) in [7, 11) is 1.67. The molecule has 1 aliphatic rings. The fraction of sp³-hybridized carbons (Fsp3) is 0.556. The quantitative estimate of drug-likeness (QED) is 0.384. The maximum atomic E-state index is 5.50. The molecular formula is C18H26O3. The molecule has 0 unspecified atom stereocenters. The van der Waals surface area contributed by atoms with Crippen LogP contribution in [-0.2, 0) is 9.78 Å². The molecule has 0 bridgehead atoms. The molecule has 2 atom stereocenters. The highest BCUT2D eigenvalue weighted by molar-refractivity contribution is 5.30. The first kappa shape index (κ1) is 16.1. The highest BCUT2D eigenvalue weighted by Gasteiger charge is 2.18. The molecule has 0 spiro atoms. The lowest BCUT2D eigenvalue weighted by Gasteiger charge is -2.23. The van der Waals surface area contributed by atoms with Gasteiger partial charge in [-0.15, -0.1) is 0 Å². The van der Waals surface area contributed by atoms with Crippen molar-refractivity contribution in [1.82, 2.24) is 0 Å². The Balaban J connectivity index is 1.75. The molecule has 1 heterocycles. The molecule has 0 fully saturated rings. The maximum Gasteiger partial charge on any atom is 0.136 e. The van der Waals surface area contributed by atoms with Crippen LogP contribution in [0.25, 0.3) is 0 Å². The van der Waals surface area contributed by atoms with Crippen LogP contribution in [0.5, 0.6) is 5.75 Å². The molecule has 0 saturated carbocycles. The van der Waals surface area contributed by atoms with Gasteiger partial charge in [-0.05, 0) is 30.2 Å². The molecule has 21 heavy (non-hydrogen) atoms. The lowest BCUT2D eigenvalue weighted by molar-refractivity contribution is -0.343. The van der Waals surface area contributed by atoms with Crippen LogP contribution >= 0.6 is 0 Å². The van der Waals surface area contributed by atoms with Gasteiger partial charge in [-0.1, -0.05) is 57.2 Å². The Morgan fingerprint density at radius 3 is 2.33 bits per heavy atom. The third-order valence-electron chi connectivity index (χ3n) is 3.82. The SMILES string of the molecule is CCCCCCC[C@@H]1C=C[C@H](c2ccc(OC)cc2)OO1. The van der Waals surface area contributed by atoms with E-state index in [1.54, 1.807) is 7.11 Å². The summed E-state index contributed by atoms with van der Waals surface area (Å²) < 4.78 is 5.16. The number of ether oxygens (including phenoxy) is 1. The number of unbranched alkanes of at least 4 members (excludes halogenated alkanes) is 4. The summed E-state index contributed by atoms with van der Waals surface area (Å²) in [5.74, 6) is 0.851. The predicted octanol–water partition coefficient (Wildman–Crippen LogP) is 4.98. The summed E-state index contributed by atoms with van der Waals surface area (Å²) in [5, 5.41) is 0. The Morgan fingerprint density at radius 1 is 0.952 bits per heavy atom. The van der Waals surface area contributed by atoms with Gasteiger partial charge in [0.1, 0.15) is 18.0 Å². The molecule has 3 nitrogen and oxygen atoms in total. The van der Waals surface area contributed by atoms with Crippen molar-refractivity contribution in [3.63, 3.8) is 0 Å². The van der Waals surface area contributed by atoms with Crippen molar-refractivity contribution in [3.8, 4) is 5.75 Å². The minimum Gasteiger partial charge on any atom is -0.497 e. The number of benzene rings is 1. The Kier molecular flexibility index (Phi) is 6.77. The fourth-order valence-corrected chi connectivity index (χ4v) is 2.47. The fourth-order valence-electron chi connectivity index (χ4n) is 2.47. The number of methoxy groups -OCH3 is 1. The first-order valence-electron chi connectivity index (χ1n) is 7.98. The van der Waals surface area contributed by atoms with Gasteiger partial charge in [-0.3, -0.25) is 0 Å². The largest absolute Gasteiger partial charge is 0.497 e. The second-order valence-electron chi connectivity index (χ2n) is 5.51. The lowest BCUT2D eigenvalue weighted by Crippen LogP contribution is -2.18. The first-order valence-corrected chi connectivity index (χ1v) is 7.98. The highest BCUT2D eigenvalue weighted by Crippen LogP contribution is 2.27. The van der Waals surface area contributed by atoms with Crippen LogP contribution in [0.15, 0.2) is 36.4 Å². The van der Waals surface area contributed by atoms with Crippen molar-refractivity contribution in [2.24, 2.45) is 0 Å². The van der Waals surface area contributed by atoms with Gasteiger partial charge in [0, 0.05) is 0 Å². The van der Waals surface area contributed by atoms with Crippen LogP contribution in [0.1, 0.15) is 57.1 Å². The van der Waals surface area contributed by atoms with E-state index in [0.29, 0.717) is 0 Å². The standard InChI is InChI=1S/C18H26O3/c1-3-4-5-6-7-8-17-13-14-18(21-20-17)15-9-11-16(19-2)12-10-15/h9-14,17-18H,3-8H2,1-2H3/t17-,18-/m1/s1. The summed E-state index contributed by atoms with van der Waals surface area (Å²) >= 11 is 0. The van der Waals surface area contributed by atoms with Crippen LogP contribution in [0, 0.1) is 0 Å². The van der Waals surface area contributed by atoms with E-state index in [2.05, 4.69) is 19.1 Å². The minimum atomic E-state index is -0.118. The Hall–Kier alpha value is -1.32. The summed E-state index contributed by atoms with van der Waals surface area (Å²) in [6, 6.07) is 7.88. The Labute approximate surface area is 127 Å². The van der Waals surface area contributed by atoms with Gasteiger partial charge in [0.15, 0.2) is 0 Å². The summed E-state index contributed by atoms with van der Waals surface area (Å²) in [4.78, 5) is 11.0. The third kappa shape index (κ3) is 5.18. The molecule has 0 N–H and O–H groups in total. The molecule has 1 aromatic rings. The van der Waals surface area contributed by atoms with E-state index in [1.807, 2.05) is 24.3 Å². The van der Waals surface area contributed by atoms with Crippen LogP contribution in [0.3, 0.4) is 0 Å². The normalized spacial score (nSPS) is 21.4. The second-order valence-corrected chi connectivity index (χ2v) is 5.51. The van der Waals surface area contributed by atoms with Gasteiger partial charge >= 0.3 is 0 Å². The Bertz CT molecular complexity index is 425. The predicted molar refractivity (Wildman–Crippen MR) is 84.2 cm³/mol. The van der Waals surface area contributed by atoms with Gasteiger partial charge in [0.25, 0.3) is 0 Å². The van der Waals surface area contributed by atoms with Gasteiger partial charge in [0.05, 0.1) is 7.11 Å². The third-order valence-corrected chi connectivity index (χ3v) is 3.82. The van der Waals surface area contributed by atoms with Crippen LogP contribution < -0.4 is 4.74 Å². The Morgan fingerprint density at radius 2 is 1.71 bits per heavy atom. The van der Waals surface area contributed by atoms with Crippen molar-refractivity contribution in [2.45, 2.75) is 57.7 Å². The summed E-state index contributed by atoms with van der Waals surface area (Å²) in [5.41, 5.74) is 1.08. The zero-order valence-corrected chi connectivity index (χ0v) is 13.1. The number of hydrogen-bond acceptors (Lipinski definition) is 3. The monoisotopic (exact) mass is 290 g/mol. The average molecular weight is 290 g/mol. The van der Waals surface area contributed by atoms with E-state index in [4.69, 9.17) is 14.5 Å². The van der Waals surface area contributed by atoms with E-state index in [1.165, 1.54) is 32.1 Å². The molecule has 1 aliphatic heterocycles. The van der Waals surface area contributed by atoms with Crippen molar-refractivity contribution >= 4 is 0 Å². The van der Waals surface area contributed by atoms with E-state index >= 15 is 0 Å². The zero-order chi connectivity index (χ0) is 14.9. The van der Waals surface area contributed by atoms with Gasteiger partial charge in [-0.25, -0.2) is 9.78 Å². The molecule has 0 aliphatic carbocycles. The van der Waals surface area contributed by atoms with Gasteiger partial charge in [0.2, 0.25) is 0 Å². The smallest absolute Gasteiger partial charge is 0.136 e. The van der Waals surface area contributed by atoms with E-state index in [-0.39, 0.29) is 12.2 Å². The van der Waals surface area contributed by atoms with Crippen molar-refractivity contribution in [2.75, 3.05) is 7.11 Å². The average Bonchev–Trinajstić information content (AvgIpc) is 2.55. The van der Waals surface area contributed by atoms with Crippen molar-refractivity contribution < 1.29 is 14.5 Å². The molecule has 2 rings (SSSR count). The molecule has 3 heteroatoms. The molecular weight excluding hydrogens is 264 g/mol. The van der Waals surface area contributed by atoms with Crippen molar-refractivity contribution in [1.29, 1.82) is 0 Å². The second kappa shape index (κ2) is 8.85. The molecule has 0 aromatic heterocycles. The lowest BCUT2D eigenvalue weighted by atomic mass is 10.0. The van der Waals surface area contributed by atoms with Crippen LogP contribution in [0.4, 0.5) is 0 Å². The van der Waals surface area contributed by atoms with Crippen LogP contribution in [-0.4, -0.2) is 13.2 Å². The van der Waals surface area contributed by atoms with Gasteiger partial charge < -0.3 is 4.74 Å². The first-order chi connectivity index (χ1) is 10.3. The minimum absolute atomic E-state index is 0.0983. The number of rotatable bonds is 8. The maximum absolute atomic E-state index is 5.50. The van der Waals surface area contributed by atoms with E-state index in [9.17, 15) is 0 Å². The van der Waals surface area contributed by atoms with Crippen molar-refractivity contribution in [3.05, 3.63) is 42.0 Å². The van der Waals surface area contributed by atoms with Crippen LogP contribution in [0.2, 0.25) is 0 Å². The molecule has 0 saturated heterocycles. The molecule has 1 aromatic carbocycles. The molecule has 0 amide bonds. The molecule has 0 radical (unpaired) electrons. The van der Waals surface area contributed by atoms with Gasteiger partial charge in [-0.2, -0.15) is 0 Å². The molecule has 116 valence electrons. The summed E-state index contributed by atoms with van der Waals surface area (Å²) in [6.07, 6.45) is 11.6.